The zero-order chi connectivity index (χ0) is 17.9. The monoisotopic (exact) mass is 354 g/mol. The number of carbonyl (C=O) groups excluding carboxylic acids is 2. The molecule has 132 valence electrons. The highest BCUT2D eigenvalue weighted by molar-refractivity contribution is 6.29. The first-order chi connectivity index (χ1) is 11.2. The van der Waals surface area contributed by atoms with Gasteiger partial charge in [-0.1, -0.05) is 11.6 Å². The zero-order valence-corrected chi connectivity index (χ0v) is 14.7. The second kappa shape index (κ2) is 7.25. The van der Waals surface area contributed by atoms with E-state index in [0.29, 0.717) is 22.5 Å². The van der Waals surface area contributed by atoms with E-state index >= 15 is 0 Å². The van der Waals surface area contributed by atoms with Gasteiger partial charge in [0.05, 0.1) is 5.56 Å². The van der Waals surface area contributed by atoms with Gasteiger partial charge >= 0.3 is 6.09 Å². The van der Waals surface area contributed by atoms with Crippen molar-refractivity contribution < 1.29 is 14.3 Å². The van der Waals surface area contributed by atoms with E-state index in [1.54, 1.807) is 12.1 Å². The molecule has 0 aromatic carbocycles. The summed E-state index contributed by atoms with van der Waals surface area (Å²) < 4.78 is 5.15. The van der Waals surface area contributed by atoms with Crippen LogP contribution in [-0.2, 0) is 4.74 Å². The van der Waals surface area contributed by atoms with Gasteiger partial charge in [0.15, 0.2) is 0 Å². The Labute approximate surface area is 146 Å². The van der Waals surface area contributed by atoms with Crippen LogP contribution in [0.15, 0.2) is 12.1 Å². The number of hydrogen-bond donors (Lipinski definition) is 2. The van der Waals surface area contributed by atoms with Gasteiger partial charge in [-0.15, -0.1) is 0 Å². The maximum Gasteiger partial charge on any atom is 0.405 e. The number of nitrogens with two attached hydrogens (primary N) is 2. The Morgan fingerprint density at radius 2 is 1.96 bits per heavy atom. The summed E-state index contributed by atoms with van der Waals surface area (Å²) in [4.78, 5) is 28.8. The highest BCUT2D eigenvalue weighted by Crippen LogP contribution is 2.31. The summed E-state index contributed by atoms with van der Waals surface area (Å²) in [5, 5.41) is 0.327. The molecule has 0 atom stereocenters. The Bertz CT molecular complexity index is 628. The smallest absolute Gasteiger partial charge is 0.405 e. The number of ether oxygens (including phenoxy) is 1. The molecule has 0 spiro atoms. The Balaban J connectivity index is 2.02. The fourth-order valence-corrected chi connectivity index (χ4v) is 3.36. The number of hydrogen-bond acceptors (Lipinski definition) is 5. The van der Waals surface area contributed by atoms with Crippen LogP contribution in [0.1, 0.15) is 43.5 Å². The van der Waals surface area contributed by atoms with Gasteiger partial charge in [-0.05, 0) is 51.2 Å². The van der Waals surface area contributed by atoms with Gasteiger partial charge in [0.2, 0.25) is 0 Å². The average molecular weight is 355 g/mol. The standard InChI is InChI=1S/C16H23ClN4O3/c1-16(2,24-15(19)23)9-10-5-7-21(8-6-10)14-11(13(18)22)3-4-12(17)20-14/h3-4,10H,5-9H2,1-2H3,(H2,18,22)(H2,19,23). The van der Waals surface area contributed by atoms with E-state index in [4.69, 9.17) is 27.8 Å². The molecule has 7 nitrogen and oxygen atoms in total. The van der Waals surface area contributed by atoms with Crippen LogP contribution in [0.4, 0.5) is 10.6 Å². The normalized spacial score (nSPS) is 16.0. The molecule has 4 N–H and O–H groups in total. The second-order valence-electron chi connectivity index (χ2n) is 6.68. The third-order valence-corrected chi connectivity index (χ3v) is 4.39. The molecule has 0 radical (unpaired) electrons. The summed E-state index contributed by atoms with van der Waals surface area (Å²) in [6.07, 6.45) is 1.75. The fourth-order valence-electron chi connectivity index (χ4n) is 3.22. The molecule has 8 heteroatoms. The van der Waals surface area contributed by atoms with Crippen LogP contribution in [0, 0.1) is 5.92 Å². The molecule has 0 bridgehead atoms. The lowest BCUT2D eigenvalue weighted by atomic mass is 9.86. The lowest BCUT2D eigenvalue weighted by Gasteiger charge is -2.36. The van der Waals surface area contributed by atoms with Crippen LogP contribution >= 0.6 is 11.6 Å². The molecular weight excluding hydrogens is 332 g/mol. The topological polar surface area (TPSA) is 112 Å². The van der Waals surface area contributed by atoms with E-state index < -0.39 is 17.6 Å². The van der Waals surface area contributed by atoms with Crippen molar-refractivity contribution in [3.63, 3.8) is 0 Å². The molecule has 2 heterocycles. The molecule has 24 heavy (non-hydrogen) atoms. The predicted octanol–water partition coefficient (Wildman–Crippen LogP) is 2.31. The van der Waals surface area contributed by atoms with E-state index in [1.165, 1.54) is 0 Å². The average Bonchev–Trinajstić information content (AvgIpc) is 2.45. The first kappa shape index (κ1) is 18.3. The van der Waals surface area contributed by atoms with Gasteiger partial charge in [-0.3, -0.25) is 4.79 Å². The number of anilines is 1. The summed E-state index contributed by atoms with van der Waals surface area (Å²) in [7, 11) is 0. The van der Waals surface area contributed by atoms with Crippen LogP contribution in [0.2, 0.25) is 5.15 Å². The van der Waals surface area contributed by atoms with Gasteiger partial charge in [-0.2, -0.15) is 0 Å². The van der Waals surface area contributed by atoms with Crippen molar-refractivity contribution in [3.05, 3.63) is 22.8 Å². The van der Waals surface area contributed by atoms with E-state index in [1.807, 2.05) is 18.7 Å². The highest BCUT2D eigenvalue weighted by atomic mass is 35.5. The SMILES string of the molecule is CC(C)(CC1CCN(c2nc(Cl)ccc2C(N)=O)CC1)OC(N)=O. The summed E-state index contributed by atoms with van der Waals surface area (Å²) in [5.41, 5.74) is 10.3. The molecule has 2 rings (SSSR count). The van der Waals surface area contributed by atoms with Gasteiger partial charge in [0.25, 0.3) is 5.91 Å². The Morgan fingerprint density at radius 3 is 2.50 bits per heavy atom. The Morgan fingerprint density at radius 1 is 1.33 bits per heavy atom. The lowest BCUT2D eigenvalue weighted by Crippen LogP contribution is -2.39. The maximum atomic E-state index is 11.6. The number of amides is 2. The number of primary amides is 2. The first-order valence-electron chi connectivity index (χ1n) is 7.88. The van der Waals surface area contributed by atoms with Crippen LogP contribution in [0.25, 0.3) is 0 Å². The lowest BCUT2D eigenvalue weighted by molar-refractivity contribution is 0.0236. The Hall–Kier alpha value is -2.02. The number of carbonyl (C=O) groups is 2. The van der Waals surface area contributed by atoms with Gasteiger partial charge in [0.1, 0.15) is 16.6 Å². The minimum Gasteiger partial charge on any atom is -0.444 e. The van der Waals surface area contributed by atoms with Crippen molar-refractivity contribution in [1.29, 1.82) is 0 Å². The zero-order valence-electron chi connectivity index (χ0n) is 13.9. The van der Waals surface area contributed by atoms with Crippen molar-refractivity contribution in [2.24, 2.45) is 17.4 Å². The summed E-state index contributed by atoms with van der Waals surface area (Å²) >= 11 is 5.95. The highest BCUT2D eigenvalue weighted by Gasteiger charge is 2.30. The van der Waals surface area contributed by atoms with E-state index in [9.17, 15) is 9.59 Å². The fraction of sp³-hybridized carbons (Fsp3) is 0.562. The van der Waals surface area contributed by atoms with Crippen LogP contribution < -0.4 is 16.4 Å². The largest absolute Gasteiger partial charge is 0.444 e. The minimum absolute atomic E-state index is 0.327. The molecule has 2 amide bonds. The number of piperidine rings is 1. The quantitative estimate of drug-likeness (QED) is 0.788. The summed E-state index contributed by atoms with van der Waals surface area (Å²) in [6.45, 7) is 5.16. The molecule has 1 aliphatic rings. The molecule has 1 fully saturated rings. The second-order valence-corrected chi connectivity index (χ2v) is 7.07. The number of aromatic nitrogens is 1. The van der Waals surface area contributed by atoms with E-state index in [2.05, 4.69) is 4.98 Å². The third kappa shape index (κ3) is 4.74. The predicted molar refractivity (Wildman–Crippen MR) is 92.1 cm³/mol. The maximum absolute atomic E-state index is 11.6. The molecule has 0 aliphatic carbocycles. The van der Waals surface area contributed by atoms with Crippen LogP contribution in [0.5, 0.6) is 0 Å². The number of nitrogens with zero attached hydrogens (tertiary/aromatic N) is 2. The van der Waals surface area contributed by atoms with Crippen LogP contribution in [-0.4, -0.2) is 35.7 Å². The van der Waals surface area contributed by atoms with Crippen molar-refractivity contribution in [1.82, 2.24) is 4.98 Å². The van der Waals surface area contributed by atoms with Crippen molar-refractivity contribution >= 4 is 29.4 Å². The molecular formula is C16H23ClN4O3. The number of pyridine rings is 1. The Kier molecular flexibility index (Phi) is 5.54. The van der Waals surface area contributed by atoms with Crippen LogP contribution in [0.3, 0.4) is 0 Å². The third-order valence-electron chi connectivity index (χ3n) is 4.18. The van der Waals surface area contributed by atoms with Crippen molar-refractivity contribution in [2.75, 3.05) is 18.0 Å². The molecule has 0 unspecified atom stereocenters. The minimum atomic E-state index is -0.758. The van der Waals surface area contributed by atoms with Crippen molar-refractivity contribution in [3.8, 4) is 0 Å². The van der Waals surface area contributed by atoms with E-state index in [0.717, 1.165) is 32.4 Å². The summed E-state index contributed by atoms with van der Waals surface area (Å²) in [6, 6.07) is 3.16. The molecule has 1 saturated heterocycles. The van der Waals surface area contributed by atoms with Gasteiger partial charge < -0.3 is 21.1 Å². The van der Waals surface area contributed by atoms with Gasteiger partial charge in [0, 0.05) is 13.1 Å². The first-order valence-corrected chi connectivity index (χ1v) is 8.25. The summed E-state index contributed by atoms with van der Waals surface area (Å²) in [5.74, 6) is 0.403. The number of rotatable bonds is 5. The van der Waals surface area contributed by atoms with E-state index in [-0.39, 0.29) is 0 Å². The molecule has 1 aliphatic heterocycles. The molecule has 0 saturated carbocycles. The molecule has 1 aromatic rings. The number of halogens is 1. The van der Waals surface area contributed by atoms with Gasteiger partial charge in [-0.25, -0.2) is 9.78 Å². The van der Waals surface area contributed by atoms with Crippen molar-refractivity contribution in [2.45, 2.75) is 38.7 Å². The molecule has 1 aromatic heterocycles.